The van der Waals surface area contributed by atoms with Crippen LogP contribution in [0.3, 0.4) is 0 Å². The van der Waals surface area contributed by atoms with Crippen LogP contribution in [0.15, 0.2) is 69.7 Å². The Morgan fingerprint density at radius 1 is 0.926 bits per heavy atom. The molecule has 0 spiro atoms. The Balaban J connectivity index is 1.64. The Kier molecular flexibility index (Phi) is 4.79. The molecule has 4 nitrogen and oxygen atoms in total. The molecule has 0 bridgehead atoms. The molecule has 0 radical (unpaired) electrons. The topological polar surface area (TPSA) is 51.8 Å². The number of ether oxygens (including phenoxy) is 1. The van der Waals surface area contributed by atoms with Crippen molar-refractivity contribution >= 4 is 52.7 Å². The fourth-order valence-electron chi connectivity index (χ4n) is 2.55. The van der Waals surface area contributed by atoms with Gasteiger partial charge in [-0.05, 0) is 42.5 Å². The van der Waals surface area contributed by atoms with E-state index in [1.807, 2.05) is 12.1 Å². The van der Waals surface area contributed by atoms with E-state index < -0.39 is 5.97 Å². The van der Waals surface area contributed by atoms with Crippen LogP contribution in [-0.2, 0) is 9.53 Å². The van der Waals surface area contributed by atoms with Gasteiger partial charge in [0.05, 0.1) is 10.6 Å². The van der Waals surface area contributed by atoms with E-state index in [0.717, 1.165) is 5.56 Å². The van der Waals surface area contributed by atoms with Gasteiger partial charge in [0.25, 0.3) is 0 Å². The van der Waals surface area contributed by atoms with E-state index >= 15 is 0 Å². The van der Waals surface area contributed by atoms with Crippen molar-refractivity contribution in [2.75, 3.05) is 0 Å². The number of nitrogens with zero attached hydrogens (tertiary/aromatic N) is 1. The van der Waals surface area contributed by atoms with Gasteiger partial charge in [-0.15, -0.1) is 0 Å². The molecule has 0 saturated carbocycles. The van der Waals surface area contributed by atoms with E-state index in [9.17, 15) is 4.79 Å². The molecule has 1 aromatic heterocycles. The molecule has 0 unspecified atom stereocenters. The van der Waals surface area contributed by atoms with Crippen molar-refractivity contribution in [1.82, 2.24) is 0 Å². The zero-order chi connectivity index (χ0) is 19.0. The van der Waals surface area contributed by atoms with Crippen LogP contribution in [0.1, 0.15) is 11.3 Å². The first-order chi connectivity index (χ1) is 13.0. The van der Waals surface area contributed by atoms with Crippen molar-refractivity contribution in [2.45, 2.75) is 0 Å². The molecule has 4 rings (SSSR count). The van der Waals surface area contributed by atoms with Crippen molar-refractivity contribution in [3.8, 4) is 11.3 Å². The summed E-state index contributed by atoms with van der Waals surface area (Å²) in [5.74, 6) is 0.621. The Hall–Kier alpha value is -2.53. The molecule has 1 aliphatic heterocycles. The maximum absolute atomic E-state index is 12.1. The van der Waals surface area contributed by atoms with Crippen LogP contribution >= 0.6 is 34.8 Å². The third-order valence-corrected chi connectivity index (χ3v) is 4.58. The number of aliphatic imine (C=N–C) groups is 1. The smallest absolute Gasteiger partial charge is 0.363 e. The summed E-state index contributed by atoms with van der Waals surface area (Å²) >= 11 is 18.0. The lowest BCUT2D eigenvalue weighted by atomic mass is 10.2. The molecule has 1 aliphatic rings. The molecular weight excluding hydrogens is 409 g/mol. The SMILES string of the molecule is O=C1OC(c2ccc(Cl)cc2Cl)=N/C1=C/c1ccc(-c2cccc(Cl)c2)o1. The zero-order valence-corrected chi connectivity index (χ0v) is 15.8. The summed E-state index contributed by atoms with van der Waals surface area (Å²) in [6, 6.07) is 15.7. The molecule has 0 N–H and O–H groups in total. The molecule has 0 fully saturated rings. The number of benzene rings is 2. The van der Waals surface area contributed by atoms with Crippen LogP contribution in [-0.4, -0.2) is 11.9 Å². The summed E-state index contributed by atoms with van der Waals surface area (Å²) in [4.78, 5) is 16.3. The second-order valence-corrected chi connectivity index (χ2v) is 6.95. The summed E-state index contributed by atoms with van der Waals surface area (Å²) in [5.41, 5.74) is 1.43. The maximum Gasteiger partial charge on any atom is 0.363 e. The highest BCUT2D eigenvalue weighted by molar-refractivity contribution is 6.37. The quantitative estimate of drug-likeness (QED) is 0.373. The average Bonchev–Trinajstić information content (AvgIpc) is 3.23. The maximum atomic E-state index is 12.1. The first-order valence-electron chi connectivity index (χ1n) is 7.83. The number of hydrogen-bond donors (Lipinski definition) is 0. The van der Waals surface area contributed by atoms with Crippen LogP contribution in [0.4, 0.5) is 0 Å². The van der Waals surface area contributed by atoms with Crippen LogP contribution < -0.4 is 0 Å². The van der Waals surface area contributed by atoms with E-state index in [-0.39, 0.29) is 11.6 Å². The number of carbonyl (C=O) groups is 1. The normalized spacial score (nSPS) is 15.1. The minimum atomic E-state index is -0.586. The van der Waals surface area contributed by atoms with Gasteiger partial charge >= 0.3 is 5.97 Å². The number of furan rings is 1. The summed E-state index contributed by atoms with van der Waals surface area (Å²) in [5, 5.41) is 1.43. The minimum absolute atomic E-state index is 0.114. The van der Waals surface area contributed by atoms with Crippen LogP contribution in [0.5, 0.6) is 0 Å². The standard InChI is InChI=1S/C20H10Cl3NO3/c21-12-3-1-2-11(8-12)18-7-5-14(26-18)10-17-20(25)27-19(24-17)15-6-4-13(22)9-16(15)23/h1-10H/b17-10+. The van der Waals surface area contributed by atoms with Crippen molar-refractivity contribution in [3.63, 3.8) is 0 Å². The van der Waals surface area contributed by atoms with Crippen molar-refractivity contribution < 1.29 is 13.9 Å². The highest BCUT2D eigenvalue weighted by atomic mass is 35.5. The monoisotopic (exact) mass is 417 g/mol. The first-order valence-corrected chi connectivity index (χ1v) is 8.97. The molecule has 2 heterocycles. The zero-order valence-electron chi connectivity index (χ0n) is 13.6. The Morgan fingerprint density at radius 2 is 1.74 bits per heavy atom. The third kappa shape index (κ3) is 3.78. The van der Waals surface area contributed by atoms with Crippen LogP contribution in [0, 0.1) is 0 Å². The molecule has 0 saturated heterocycles. The van der Waals surface area contributed by atoms with E-state index in [1.165, 1.54) is 6.08 Å². The van der Waals surface area contributed by atoms with E-state index in [0.29, 0.717) is 32.2 Å². The van der Waals surface area contributed by atoms with Gasteiger partial charge in [0.2, 0.25) is 5.90 Å². The molecule has 2 aromatic carbocycles. The van der Waals surface area contributed by atoms with Gasteiger partial charge in [-0.3, -0.25) is 0 Å². The molecule has 0 amide bonds. The Labute approximate surface area is 169 Å². The molecule has 134 valence electrons. The first kappa shape index (κ1) is 17.9. The number of cyclic esters (lactones) is 1. The predicted molar refractivity (Wildman–Crippen MR) is 106 cm³/mol. The lowest BCUT2D eigenvalue weighted by Crippen LogP contribution is -2.05. The van der Waals surface area contributed by atoms with Gasteiger partial charge in [-0.2, -0.15) is 0 Å². The number of esters is 1. The highest BCUT2D eigenvalue weighted by Crippen LogP contribution is 2.28. The number of carbonyl (C=O) groups excluding carboxylic acids is 1. The van der Waals surface area contributed by atoms with Gasteiger partial charge in [0, 0.05) is 21.7 Å². The van der Waals surface area contributed by atoms with E-state index in [1.54, 1.807) is 42.5 Å². The molecule has 7 heteroatoms. The van der Waals surface area contributed by atoms with Crippen LogP contribution in [0.25, 0.3) is 17.4 Å². The van der Waals surface area contributed by atoms with Gasteiger partial charge in [0.1, 0.15) is 11.5 Å². The van der Waals surface area contributed by atoms with Crippen molar-refractivity contribution in [1.29, 1.82) is 0 Å². The Morgan fingerprint density at radius 3 is 2.52 bits per heavy atom. The van der Waals surface area contributed by atoms with Gasteiger partial charge in [0.15, 0.2) is 5.70 Å². The number of hydrogen-bond acceptors (Lipinski definition) is 4. The van der Waals surface area contributed by atoms with Crippen molar-refractivity contribution in [3.05, 3.63) is 86.7 Å². The summed E-state index contributed by atoms with van der Waals surface area (Å²) in [7, 11) is 0. The van der Waals surface area contributed by atoms with Gasteiger partial charge in [-0.1, -0.05) is 46.9 Å². The fourth-order valence-corrected chi connectivity index (χ4v) is 3.23. The average molecular weight is 419 g/mol. The van der Waals surface area contributed by atoms with Crippen LogP contribution in [0.2, 0.25) is 15.1 Å². The molecule has 27 heavy (non-hydrogen) atoms. The minimum Gasteiger partial charge on any atom is -0.457 e. The highest BCUT2D eigenvalue weighted by Gasteiger charge is 2.26. The summed E-state index contributed by atoms with van der Waals surface area (Å²) in [6.07, 6.45) is 1.51. The summed E-state index contributed by atoms with van der Waals surface area (Å²) in [6.45, 7) is 0. The van der Waals surface area contributed by atoms with Gasteiger partial charge in [-0.25, -0.2) is 9.79 Å². The number of halogens is 3. The van der Waals surface area contributed by atoms with Crippen molar-refractivity contribution in [2.24, 2.45) is 4.99 Å². The molecular formula is C20H10Cl3NO3. The third-order valence-electron chi connectivity index (χ3n) is 3.80. The lowest BCUT2D eigenvalue weighted by Gasteiger charge is -2.02. The number of rotatable bonds is 3. The second kappa shape index (κ2) is 7.24. The lowest BCUT2D eigenvalue weighted by molar-refractivity contribution is -0.129. The summed E-state index contributed by atoms with van der Waals surface area (Å²) < 4.78 is 11.0. The predicted octanol–water partition coefficient (Wildman–Crippen LogP) is 6.25. The molecule has 0 aliphatic carbocycles. The Bertz CT molecular complexity index is 1120. The largest absolute Gasteiger partial charge is 0.457 e. The van der Waals surface area contributed by atoms with E-state index in [4.69, 9.17) is 44.0 Å². The molecule has 0 atom stereocenters. The fraction of sp³-hybridized carbons (Fsp3) is 0. The van der Waals surface area contributed by atoms with Gasteiger partial charge < -0.3 is 9.15 Å². The second-order valence-electron chi connectivity index (χ2n) is 5.67. The van der Waals surface area contributed by atoms with E-state index in [2.05, 4.69) is 4.99 Å². The molecule has 3 aromatic rings.